The minimum absolute atomic E-state index is 0.00591. The van der Waals surface area contributed by atoms with Gasteiger partial charge in [0.05, 0.1) is 6.42 Å². The molecule has 8 heteroatoms. The number of hydrogen-bond donors (Lipinski definition) is 2. The molecular formula is C24H30F2O5S. The summed E-state index contributed by atoms with van der Waals surface area (Å²) in [6, 6.07) is 0. The van der Waals surface area contributed by atoms with Gasteiger partial charge in [0.1, 0.15) is 11.8 Å². The van der Waals surface area contributed by atoms with Crippen molar-refractivity contribution in [3.63, 3.8) is 0 Å². The molecule has 0 radical (unpaired) electrons. The van der Waals surface area contributed by atoms with Crippen molar-refractivity contribution < 1.29 is 33.0 Å². The van der Waals surface area contributed by atoms with Crippen LogP contribution in [0.15, 0.2) is 23.8 Å². The highest BCUT2D eigenvalue weighted by atomic mass is 32.1. The van der Waals surface area contributed by atoms with Crippen LogP contribution in [-0.2, 0) is 19.1 Å². The number of allylic oxidation sites excluding steroid dienone is 4. The predicted octanol–water partition coefficient (Wildman–Crippen LogP) is 4.05. The van der Waals surface area contributed by atoms with Gasteiger partial charge < -0.3 is 9.84 Å². The maximum atomic E-state index is 16.8. The molecule has 3 fully saturated rings. The van der Waals surface area contributed by atoms with Crippen molar-refractivity contribution in [1.29, 1.82) is 0 Å². The van der Waals surface area contributed by atoms with Gasteiger partial charge in [-0.1, -0.05) is 13.0 Å². The lowest BCUT2D eigenvalue weighted by Gasteiger charge is -2.60. The van der Waals surface area contributed by atoms with Gasteiger partial charge in [-0.15, -0.1) is 12.6 Å². The first-order chi connectivity index (χ1) is 14.9. The van der Waals surface area contributed by atoms with E-state index in [0.29, 0.717) is 19.3 Å². The topological polar surface area (TPSA) is 80.7 Å². The van der Waals surface area contributed by atoms with Gasteiger partial charge in [0.25, 0.3) is 0 Å². The fraction of sp³-hybridized carbons (Fsp3) is 0.708. The number of esters is 1. The number of thiol groups is 1. The first-order valence-electron chi connectivity index (χ1n) is 11.3. The third-order valence-electron chi connectivity index (χ3n) is 8.65. The molecule has 5 nitrogen and oxygen atoms in total. The molecule has 2 unspecified atom stereocenters. The lowest BCUT2D eigenvalue weighted by Crippen LogP contribution is -2.61. The second-order valence-corrected chi connectivity index (χ2v) is 10.9. The summed E-state index contributed by atoms with van der Waals surface area (Å²) in [5, 5.41) is 10.1. The molecule has 0 aromatic rings. The number of ketones is 1. The molecule has 8 atom stereocenters. The maximum Gasteiger partial charge on any atom is 0.308 e. The van der Waals surface area contributed by atoms with Gasteiger partial charge in [-0.2, -0.15) is 0 Å². The minimum atomic E-state index is -1.69. The van der Waals surface area contributed by atoms with E-state index in [1.54, 1.807) is 6.92 Å². The SMILES string of the molecule is C[C@]12CC[C@@]3(F)[C@@H](C[C@H](F)C4=CC(=O)C=C[C@@]43C)[C@@H]1CC(C(O)OC(=O)CCC(=O)S)C2. The molecule has 0 saturated heterocycles. The van der Waals surface area contributed by atoms with Gasteiger partial charge in [0.2, 0.25) is 6.29 Å². The van der Waals surface area contributed by atoms with Crippen LogP contribution < -0.4 is 0 Å². The van der Waals surface area contributed by atoms with Crippen LogP contribution in [0.4, 0.5) is 8.78 Å². The first-order valence-corrected chi connectivity index (χ1v) is 11.7. The van der Waals surface area contributed by atoms with Crippen LogP contribution in [0.1, 0.15) is 58.8 Å². The summed E-state index contributed by atoms with van der Waals surface area (Å²) in [7, 11) is 0. The summed E-state index contributed by atoms with van der Waals surface area (Å²) >= 11 is 3.62. The van der Waals surface area contributed by atoms with Crippen LogP contribution in [0.2, 0.25) is 0 Å². The highest BCUT2D eigenvalue weighted by molar-refractivity contribution is 7.96. The van der Waals surface area contributed by atoms with Gasteiger partial charge >= 0.3 is 5.97 Å². The molecule has 0 aliphatic heterocycles. The van der Waals surface area contributed by atoms with Gasteiger partial charge in [0.15, 0.2) is 10.9 Å². The molecule has 0 bridgehead atoms. The van der Waals surface area contributed by atoms with Crippen LogP contribution in [0.25, 0.3) is 0 Å². The molecule has 4 aliphatic rings. The minimum Gasteiger partial charge on any atom is -0.436 e. The summed E-state index contributed by atoms with van der Waals surface area (Å²) in [5.41, 5.74) is -2.93. The third kappa shape index (κ3) is 3.67. The van der Waals surface area contributed by atoms with Gasteiger partial charge in [-0.3, -0.25) is 14.4 Å². The Bertz CT molecular complexity index is 903. The van der Waals surface area contributed by atoms with Gasteiger partial charge in [-0.25, -0.2) is 8.78 Å². The summed E-state index contributed by atoms with van der Waals surface area (Å²) in [6.07, 6.45) is 2.95. The van der Waals surface area contributed by atoms with E-state index in [1.165, 1.54) is 18.2 Å². The van der Waals surface area contributed by atoms with Gasteiger partial charge in [-0.05, 0) is 68.1 Å². The number of rotatable bonds is 5. The molecule has 176 valence electrons. The van der Waals surface area contributed by atoms with E-state index in [9.17, 15) is 19.5 Å². The molecule has 3 saturated carbocycles. The standard InChI is InChI=1S/C24H30F2O5S/c1-22-7-8-24(26)16(11-18(25)17-10-14(27)5-6-23(17,24)2)15(22)9-13(12-22)21(30)31-19(28)3-4-20(29)32/h5-6,10,13,15-16,18,21,30H,3-4,7-9,11-12H2,1-2H3,(H,29,32)/t13?,15-,16-,18-,21?,22+,23-,24+/m0/s1. The zero-order chi connectivity index (χ0) is 23.5. The average Bonchev–Trinajstić information content (AvgIpc) is 3.08. The molecule has 4 rings (SSSR count). The Labute approximate surface area is 192 Å². The summed E-state index contributed by atoms with van der Waals surface area (Å²) in [5.74, 6) is -2.12. The molecule has 32 heavy (non-hydrogen) atoms. The Morgan fingerprint density at radius 3 is 2.66 bits per heavy atom. The number of aliphatic hydroxyl groups excluding tert-OH is 1. The zero-order valence-corrected chi connectivity index (χ0v) is 19.2. The molecule has 0 spiro atoms. The van der Waals surface area contributed by atoms with Crippen molar-refractivity contribution in [3.05, 3.63) is 23.8 Å². The fourth-order valence-corrected chi connectivity index (χ4v) is 7.02. The number of alkyl halides is 2. The van der Waals surface area contributed by atoms with E-state index >= 15 is 8.78 Å². The van der Waals surface area contributed by atoms with Crippen molar-refractivity contribution in [2.45, 2.75) is 76.9 Å². The van der Waals surface area contributed by atoms with Crippen LogP contribution in [-0.4, -0.2) is 40.1 Å². The number of aliphatic hydroxyl groups is 1. The first kappa shape index (κ1) is 23.6. The Hall–Kier alpha value is -1.54. The fourth-order valence-electron chi connectivity index (χ4n) is 6.91. The number of ether oxygens (including phenoxy) is 1. The highest BCUT2D eigenvalue weighted by Gasteiger charge is 2.68. The van der Waals surface area contributed by atoms with Crippen LogP contribution >= 0.6 is 12.6 Å². The van der Waals surface area contributed by atoms with Crippen LogP contribution in [0, 0.1) is 28.6 Å². The van der Waals surface area contributed by atoms with Crippen molar-refractivity contribution in [2.24, 2.45) is 28.6 Å². The Morgan fingerprint density at radius 2 is 1.97 bits per heavy atom. The third-order valence-corrected chi connectivity index (χ3v) is 8.88. The van der Waals surface area contributed by atoms with Crippen molar-refractivity contribution in [3.8, 4) is 0 Å². The Morgan fingerprint density at radius 1 is 1.25 bits per heavy atom. The van der Waals surface area contributed by atoms with Crippen molar-refractivity contribution in [1.82, 2.24) is 0 Å². The zero-order valence-electron chi connectivity index (χ0n) is 18.4. The molecule has 0 aromatic heterocycles. The lowest BCUT2D eigenvalue weighted by atomic mass is 9.46. The lowest BCUT2D eigenvalue weighted by molar-refractivity contribution is -0.177. The predicted molar refractivity (Wildman–Crippen MR) is 116 cm³/mol. The molecule has 0 heterocycles. The number of halogens is 2. The number of hydrogen-bond acceptors (Lipinski definition) is 5. The quantitative estimate of drug-likeness (QED) is 0.362. The molecular weight excluding hydrogens is 438 g/mol. The van der Waals surface area contributed by atoms with E-state index in [0.717, 1.165) is 0 Å². The molecule has 0 aromatic carbocycles. The normalized spacial score (nSPS) is 43.6. The number of carbonyl (C=O) groups excluding carboxylic acids is 3. The smallest absolute Gasteiger partial charge is 0.308 e. The van der Waals surface area contributed by atoms with Crippen molar-refractivity contribution >= 4 is 29.5 Å². The monoisotopic (exact) mass is 468 g/mol. The molecule has 0 amide bonds. The summed E-state index contributed by atoms with van der Waals surface area (Å²) in [4.78, 5) is 34.7. The Kier molecular flexibility index (Phi) is 5.94. The average molecular weight is 469 g/mol. The van der Waals surface area contributed by atoms with Gasteiger partial charge in [0, 0.05) is 23.7 Å². The highest BCUT2D eigenvalue weighted by Crippen LogP contribution is 2.68. The van der Waals surface area contributed by atoms with Crippen LogP contribution in [0.3, 0.4) is 0 Å². The van der Waals surface area contributed by atoms with Crippen LogP contribution in [0.5, 0.6) is 0 Å². The maximum absolute atomic E-state index is 16.8. The Balaban J connectivity index is 1.54. The summed E-state index contributed by atoms with van der Waals surface area (Å²) in [6.45, 7) is 3.74. The van der Waals surface area contributed by atoms with Crippen molar-refractivity contribution in [2.75, 3.05) is 0 Å². The van der Waals surface area contributed by atoms with E-state index < -0.39 is 40.5 Å². The number of carbonyl (C=O) groups is 3. The summed E-state index contributed by atoms with van der Waals surface area (Å²) < 4.78 is 37.2. The largest absolute Gasteiger partial charge is 0.436 e. The van der Waals surface area contributed by atoms with E-state index in [2.05, 4.69) is 12.6 Å². The van der Waals surface area contributed by atoms with E-state index in [1.807, 2.05) is 6.92 Å². The molecule has 1 N–H and O–H groups in total. The van der Waals surface area contributed by atoms with E-state index in [4.69, 9.17) is 4.74 Å². The molecule has 4 aliphatic carbocycles. The second kappa shape index (κ2) is 8.05. The second-order valence-electron chi connectivity index (χ2n) is 10.4. The van der Waals surface area contributed by atoms with E-state index in [-0.39, 0.29) is 54.3 Å². The number of fused-ring (bicyclic) bond motifs is 5.